The summed E-state index contributed by atoms with van der Waals surface area (Å²) < 4.78 is 20.2. The normalized spacial score (nSPS) is 21.6. The minimum Gasteiger partial charge on any atom is -0.441 e. The van der Waals surface area contributed by atoms with E-state index >= 15 is 0 Å². The Bertz CT molecular complexity index is 1170. The number of aromatic nitrogens is 5. The molecular weight excluding hydrogens is 415 g/mol. The van der Waals surface area contributed by atoms with Gasteiger partial charge in [-0.25, -0.2) is 9.18 Å². The summed E-state index contributed by atoms with van der Waals surface area (Å²) in [7, 11) is 0. The molecule has 2 aromatic heterocycles. The fourth-order valence-corrected chi connectivity index (χ4v) is 3.99. The van der Waals surface area contributed by atoms with Crippen LogP contribution in [0.25, 0.3) is 22.6 Å². The third-order valence-electron chi connectivity index (χ3n) is 6.19. The quantitative estimate of drug-likeness (QED) is 0.633. The smallest absolute Gasteiger partial charge is 0.414 e. The number of nitrogens with zero attached hydrogens (tertiary/aromatic N) is 6. The summed E-state index contributed by atoms with van der Waals surface area (Å²) in [5, 5.41) is 22.7. The molecule has 0 radical (unpaired) electrons. The number of benzene rings is 1. The van der Waals surface area contributed by atoms with Crippen LogP contribution in [0.15, 0.2) is 36.5 Å². The lowest BCUT2D eigenvalue weighted by molar-refractivity contribution is 0.0200. The van der Waals surface area contributed by atoms with Crippen molar-refractivity contribution in [2.45, 2.75) is 43.9 Å². The number of ether oxygens (including phenoxy) is 1. The molecular formula is C22H21FN6O3. The number of hydrogen-bond acceptors (Lipinski definition) is 7. The van der Waals surface area contributed by atoms with Gasteiger partial charge in [-0.2, -0.15) is 4.80 Å². The summed E-state index contributed by atoms with van der Waals surface area (Å²) in [6.45, 7) is 0.208. The number of pyridine rings is 1. The molecule has 1 unspecified atom stereocenters. The molecule has 1 aromatic carbocycles. The van der Waals surface area contributed by atoms with Gasteiger partial charge in [0.1, 0.15) is 17.6 Å². The van der Waals surface area contributed by atoms with Gasteiger partial charge in [0.2, 0.25) is 5.82 Å². The van der Waals surface area contributed by atoms with E-state index in [2.05, 4.69) is 20.4 Å². The van der Waals surface area contributed by atoms with Gasteiger partial charge in [0.25, 0.3) is 0 Å². The van der Waals surface area contributed by atoms with E-state index in [0.29, 0.717) is 34.4 Å². The van der Waals surface area contributed by atoms with Crippen molar-refractivity contribution in [1.82, 2.24) is 25.2 Å². The number of tetrazole rings is 1. The summed E-state index contributed by atoms with van der Waals surface area (Å²) >= 11 is 0. The molecule has 2 atom stereocenters. The van der Waals surface area contributed by atoms with Gasteiger partial charge in [-0.15, -0.1) is 10.2 Å². The van der Waals surface area contributed by atoms with Crippen molar-refractivity contribution in [3.63, 3.8) is 0 Å². The SMILES string of the molecule is O=C1O[C@H](C(O)C2CC2)CN1c1ccc(-c2ccc(-c3nnn(C4CC4)n3)nc2)c(F)c1. The summed E-state index contributed by atoms with van der Waals surface area (Å²) in [5.74, 6) is 0.152. The monoisotopic (exact) mass is 436 g/mol. The number of aliphatic hydroxyl groups is 1. The maximum atomic E-state index is 14.9. The molecule has 2 aliphatic carbocycles. The Balaban J connectivity index is 1.19. The highest BCUT2D eigenvalue weighted by Gasteiger charge is 2.43. The molecule has 1 aliphatic heterocycles. The Hall–Kier alpha value is -3.40. The third-order valence-corrected chi connectivity index (χ3v) is 6.19. The fraction of sp³-hybridized carbons (Fsp3) is 0.409. The van der Waals surface area contributed by atoms with Crippen molar-refractivity contribution >= 4 is 11.8 Å². The van der Waals surface area contributed by atoms with E-state index in [-0.39, 0.29) is 12.5 Å². The second kappa shape index (κ2) is 7.33. The van der Waals surface area contributed by atoms with Gasteiger partial charge in [0.05, 0.1) is 24.4 Å². The van der Waals surface area contributed by atoms with Gasteiger partial charge in [-0.1, -0.05) is 6.07 Å². The van der Waals surface area contributed by atoms with Gasteiger partial charge in [0, 0.05) is 17.3 Å². The number of carbonyl (C=O) groups excluding carboxylic acids is 1. The molecule has 3 aromatic rings. The third kappa shape index (κ3) is 3.50. The van der Waals surface area contributed by atoms with Crippen molar-refractivity contribution in [2.24, 2.45) is 5.92 Å². The Morgan fingerprint density at radius 2 is 2.00 bits per heavy atom. The first-order chi connectivity index (χ1) is 15.6. The molecule has 3 heterocycles. The predicted molar refractivity (Wildman–Crippen MR) is 111 cm³/mol. The van der Waals surface area contributed by atoms with Crippen molar-refractivity contribution in [3.8, 4) is 22.6 Å². The zero-order chi connectivity index (χ0) is 21.8. The minimum atomic E-state index is -0.668. The topological polar surface area (TPSA) is 106 Å². The van der Waals surface area contributed by atoms with Gasteiger partial charge in [-0.05, 0) is 61.1 Å². The fourth-order valence-electron chi connectivity index (χ4n) is 3.99. The lowest BCUT2D eigenvalue weighted by atomic mass is 10.1. The van der Waals surface area contributed by atoms with Crippen LogP contribution in [0.1, 0.15) is 31.7 Å². The van der Waals surface area contributed by atoms with E-state index in [1.807, 2.05) is 0 Å². The number of carbonyl (C=O) groups is 1. The average molecular weight is 436 g/mol. The highest BCUT2D eigenvalue weighted by molar-refractivity contribution is 5.90. The first-order valence-corrected chi connectivity index (χ1v) is 10.8. The second-order valence-electron chi connectivity index (χ2n) is 8.62. The second-order valence-corrected chi connectivity index (χ2v) is 8.62. The van der Waals surface area contributed by atoms with Crippen LogP contribution in [0.2, 0.25) is 0 Å². The van der Waals surface area contributed by atoms with Crippen molar-refractivity contribution in [1.29, 1.82) is 0 Å². The van der Waals surface area contributed by atoms with Crippen LogP contribution < -0.4 is 4.90 Å². The molecule has 3 aliphatic rings. The van der Waals surface area contributed by atoms with E-state index in [4.69, 9.17) is 4.74 Å². The summed E-state index contributed by atoms with van der Waals surface area (Å²) in [6, 6.07) is 8.41. The zero-order valence-electron chi connectivity index (χ0n) is 17.1. The van der Waals surface area contributed by atoms with Crippen LogP contribution in [0.4, 0.5) is 14.9 Å². The first-order valence-electron chi connectivity index (χ1n) is 10.8. The number of anilines is 1. The zero-order valence-corrected chi connectivity index (χ0v) is 17.1. The Labute approximate surface area is 182 Å². The standard InChI is InChI=1S/C22H21FN6O3/c23-17-9-15(28-11-19(32-22(28)31)20(30)12-1-2-12)6-7-16(17)13-3-8-18(24-10-13)21-25-27-29(26-21)14-4-5-14/h3,6-10,12,14,19-20,30H,1-2,4-5,11H2/t19-,20?/m0/s1. The minimum absolute atomic E-state index is 0.191. The summed E-state index contributed by atoms with van der Waals surface area (Å²) in [4.78, 5) is 19.6. The number of aliphatic hydroxyl groups excluding tert-OH is 1. The van der Waals surface area contributed by atoms with Crippen LogP contribution in [0, 0.1) is 11.7 Å². The number of hydrogen-bond donors (Lipinski definition) is 1. The van der Waals surface area contributed by atoms with Crippen LogP contribution in [0.3, 0.4) is 0 Å². The van der Waals surface area contributed by atoms with Gasteiger partial charge >= 0.3 is 6.09 Å². The van der Waals surface area contributed by atoms with Crippen LogP contribution in [-0.2, 0) is 4.74 Å². The molecule has 0 spiro atoms. The Morgan fingerprint density at radius 3 is 2.69 bits per heavy atom. The number of halogens is 1. The van der Waals surface area contributed by atoms with E-state index in [9.17, 15) is 14.3 Å². The molecule has 1 N–H and O–H groups in total. The molecule has 9 nitrogen and oxygen atoms in total. The molecule has 32 heavy (non-hydrogen) atoms. The molecule has 1 saturated heterocycles. The van der Waals surface area contributed by atoms with Gasteiger partial charge in [-0.3, -0.25) is 9.88 Å². The molecule has 10 heteroatoms. The lowest BCUT2D eigenvalue weighted by Crippen LogP contribution is -2.32. The van der Waals surface area contributed by atoms with Crippen LogP contribution in [0.5, 0.6) is 0 Å². The van der Waals surface area contributed by atoms with Gasteiger partial charge in [0.15, 0.2) is 0 Å². The first kappa shape index (κ1) is 19.3. The lowest BCUT2D eigenvalue weighted by Gasteiger charge is -2.16. The Kier molecular flexibility index (Phi) is 4.42. The molecule has 6 rings (SSSR count). The van der Waals surface area contributed by atoms with Crippen molar-refractivity contribution in [2.75, 3.05) is 11.4 Å². The average Bonchev–Trinajstić information content (AvgIpc) is 3.74. The molecule has 2 saturated carbocycles. The van der Waals surface area contributed by atoms with Crippen molar-refractivity contribution in [3.05, 3.63) is 42.3 Å². The maximum Gasteiger partial charge on any atom is 0.414 e. The summed E-state index contributed by atoms with van der Waals surface area (Å²) in [5.41, 5.74) is 1.92. The number of amides is 1. The summed E-state index contributed by atoms with van der Waals surface area (Å²) in [6.07, 6.45) is 3.76. The number of rotatable bonds is 6. The van der Waals surface area contributed by atoms with E-state index in [1.165, 1.54) is 11.0 Å². The Morgan fingerprint density at radius 1 is 1.16 bits per heavy atom. The van der Waals surface area contributed by atoms with Crippen LogP contribution >= 0.6 is 0 Å². The number of cyclic esters (lactones) is 1. The van der Waals surface area contributed by atoms with Crippen molar-refractivity contribution < 1.29 is 19.0 Å². The van der Waals surface area contributed by atoms with E-state index < -0.39 is 24.1 Å². The predicted octanol–water partition coefficient (Wildman–Crippen LogP) is 2.97. The molecule has 1 amide bonds. The van der Waals surface area contributed by atoms with Crippen LogP contribution in [-0.4, -0.2) is 55.1 Å². The highest BCUT2D eigenvalue weighted by atomic mass is 19.1. The largest absolute Gasteiger partial charge is 0.441 e. The van der Waals surface area contributed by atoms with Gasteiger partial charge < -0.3 is 9.84 Å². The molecule has 164 valence electrons. The van der Waals surface area contributed by atoms with E-state index in [0.717, 1.165) is 25.7 Å². The molecule has 0 bridgehead atoms. The highest BCUT2D eigenvalue weighted by Crippen LogP contribution is 2.37. The maximum absolute atomic E-state index is 14.9. The van der Waals surface area contributed by atoms with E-state index in [1.54, 1.807) is 35.3 Å². The molecule has 3 fully saturated rings.